The van der Waals surface area contributed by atoms with Gasteiger partial charge in [0.15, 0.2) is 0 Å². The van der Waals surface area contributed by atoms with Gasteiger partial charge in [0.2, 0.25) is 0 Å². The molecule has 1 aliphatic heterocycles. The predicted octanol–water partition coefficient (Wildman–Crippen LogP) is 0.291. The molecule has 2 fully saturated rings. The Morgan fingerprint density at radius 3 is 3.28 bits per heavy atom. The Kier molecular flexibility index (Phi) is 3.29. The topological polar surface area (TPSA) is 93.0 Å². The number of ether oxygens (including phenoxy) is 1. The molecule has 0 spiro atoms. The van der Waals surface area contributed by atoms with Crippen LogP contribution >= 0.6 is 22.6 Å². The zero-order valence-corrected chi connectivity index (χ0v) is 11.9. The molecule has 18 heavy (non-hydrogen) atoms. The van der Waals surface area contributed by atoms with E-state index in [9.17, 15) is 4.79 Å². The average Bonchev–Trinajstić information content (AvgIpc) is 2.40. The lowest BCUT2D eigenvalue weighted by atomic mass is 9.68. The van der Waals surface area contributed by atoms with E-state index in [0.29, 0.717) is 15.3 Å². The van der Waals surface area contributed by atoms with E-state index < -0.39 is 0 Å². The van der Waals surface area contributed by atoms with Gasteiger partial charge in [0.25, 0.3) is 5.56 Å². The van der Waals surface area contributed by atoms with E-state index in [4.69, 9.17) is 10.5 Å². The summed E-state index contributed by atoms with van der Waals surface area (Å²) < 4.78 is 6.30. The number of nitrogens with zero attached hydrogens (tertiary/aromatic N) is 1. The number of aromatic nitrogens is 2. The predicted molar refractivity (Wildman–Crippen MR) is 75.4 cm³/mol. The summed E-state index contributed by atoms with van der Waals surface area (Å²) in [6.07, 6.45) is 3.77. The maximum Gasteiger partial charge on any atom is 0.266 e. The first-order valence-corrected chi connectivity index (χ1v) is 7.13. The van der Waals surface area contributed by atoms with E-state index in [1.807, 2.05) is 22.6 Å². The molecule has 1 saturated carbocycles. The van der Waals surface area contributed by atoms with Crippen LogP contribution in [-0.2, 0) is 4.74 Å². The second kappa shape index (κ2) is 4.78. The van der Waals surface area contributed by atoms with E-state index in [2.05, 4.69) is 15.3 Å². The molecule has 0 bridgehead atoms. The molecule has 1 aliphatic carbocycles. The van der Waals surface area contributed by atoms with E-state index in [1.54, 1.807) is 0 Å². The maximum absolute atomic E-state index is 11.5. The molecular formula is C11H15IN4O2. The van der Waals surface area contributed by atoms with Gasteiger partial charge in [0, 0.05) is 18.6 Å². The minimum absolute atomic E-state index is 0.0538. The van der Waals surface area contributed by atoms with Crippen LogP contribution in [0.25, 0.3) is 0 Å². The molecular weight excluding hydrogens is 347 g/mol. The summed E-state index contributed by atoms with van der Waals surface area (Å²) in [6.45, 7) is 0.798. The first-order chi connectivity index (χ1) is 8.68. The molecule has 3 rings (SSSR count). The van der Waals surface area contributed by atoms with Crippen LogP contribution in [0, 0.1) is 9.49 Å². The summed E-state index contributed by atoms with van der Waals surface area (Å²) in [5.41, 5.74) is 6.02. The number of anilines is 1. The smallest absolute Gasteiger partial charge is 0.266 e. The molecule has 0 aromatic carbocycles. The molecule has 1 aromatic rings. The highest BCUT2D eigenvalue weighted by Gasteiger charge is 2.50. The molecule has 1 saturated heterocycles. The first kappa shape index (κ1) is 12.4. The van der Waals surface area contributed by atoms with E-state index in [0.717, 1.165) is 19.4 Å². The standard InChI is InChI=1S/C11H15IN4O2/c12-6-10(14-4-15-11(6)17)16-8-7(13)5-2-1-3-18-9(5)8/h4-5,7-9H,1-3,13H2,(H2,14,15,16,17). The molecule has 1 aromatic heterocycles. The summed E-state index contributed by atoms with van der Waals surface area (Å²) in [6, 6.07) is 0.130. The van der Waals surface area contributed by atoms with Crippen molar-refractivity contribution in [3.05, 3.63) is 20.3 Å². The zero-order valence-electron chi connectivity index (χ0n) is 9.73. The van der Waals surface area contributed by atoms with Crippen molar-refractivity contribution in [1.82, 2.24) is 9.97 Å². The van der Waals surface area contributed by atoms with Crippen molar-refractivity contribution < 1.29 is 4.74 Å². The number of aromatic amines is 1. The van der Waals surface area contributed by atoms with Crippen LogP contribution in [0.5, 0.6) is 0 Å². The average molecular weight is 362 g/mol. The monoisotopic (exact) mass is 362 g/mol. The van der Waals surface area contributed by atoms with Gasteiger partial charge in [-0.3, -0.25) is 4.79 Å². The number of fused-ring (bicyclic) bond motifs is 1. The number of rotatable bonds is 2. The largest absolute Gasteiger partial charge is 0.376 e. The van der Waals surface area contributed by atoms with Gasteiger partial charge in [-0.25, -0.2) is 4.98 Å². The van der Waals surface area contributed by atoms with Gasteiger partial charge >= 0.3 is 0 Å². The highest BCUT2D eigenvalue weighted by molar-refractivity contribution is 14.1. The molecule has 2 heterocycles. The molecule has 7 heteroatoms. The number of nitrogens with one attached hydrogen (secondary N) is 2. The third kappa shape index (κ3) is 1.94. The Balaban J connectivity index is 1.77. The van der Waals surface area contributed by atoms with Gasteiger partial charge < -0.3 is 20.8 Å². The van der Waals surface area contributed by atoms with Crippen molar-refractivity contribution in [2.75, 3.05) is 11.9 Å². The highest BCUT2D eigenvalue weighted by atomic mass is 127. The number of hydrogen-bond donors (Lipinski definition) is 3. The van der Waals surface area contributed by atoms with Crippen molar-refractivity contribution in [2.24, 2.45) is 11.7 Å². The van der Waals surface area contributed by atoms with Gasteiger partial charge in [-0.2, -0.15) is 0 Å². The van der Waals surface area contributed by atoms with Gasteiger partial charge in [0.05, 0.1) is 18.5 Å². The molecule has 0 radical (unpaired) electrons. The third-order valence-corrected chi connectivity index (χ3v) is 4.78. The van der Waals surface area contributed by atoms with Crippen molar-refractivity contribution in [3.63, 3.8) is 0 Å². The Morgan fingerprint density at radius 2 is 2.44 bits per heavy atom. The molecule has 0 amide bonds. The fraction of sp³-hybridized carbons (Fsp3) is 0.636. The summed E-state index contributed by atoms with van der Waals surface area (Å²) in [4.78, 5) is 18.2. The molecule has 4 N–H and O–H groups in total. The van der Waals surface area contributed by atoms with Crippen LogP contribution in [0.2, 0.25) is 0 Å². The zero-order chi connectivity index (χ0) is 12.7. The highest BCUT2D eigenvalue weighted by Crippen LogP contribution is 2.38. The Hall–Kier alpha value is -0.670. The van der Waals surface area contributed by atoms with Gasteiger partial charge in [-0.15, -0.1) is 0 Å². The minimum Gasteiger partial charge on any atom is -0.376 e. The summed E-state index contributed by atoms with van der Waals surface area (Å²) in [7, 11) is 0. The molecule has 6 nitrogen and oxygen atoms in total. The van der Waals surface area contributed by atoms with Gasteiger partial charge in [-0.1, -0.05) is 0 Å². The Morgan fingerprint density at radius 1 is 1.61 bits per heavy atom. The Labute approximate surface area is 118 Å². The molecule has 2 aliphatic rings. The number of H-pyrrole nitrogens is 1. The lowest BCUT2D eigenvalue weighted by Gasteiger charge is -2.52. The van der Waals surface area contributed by atoms with E-state index in [1.165, 1.54) is 6.33 Å². The fourth-order valence-corrected chi connectivity index (χ4v) is 3.22. The molecule has 4 atom stereocenters. The summed E-state index contributed by atoms with van der Waals surface area (Å²) in [5.74, 6) is 1.03. The third-order valence-electron chi connectivity index (χ3n) is 3.78. The van der Waals surface area contributed by atoms with Crippen LogP contribution in [0.3, 0.4) is 0 Å². The molecule has 4 unspecified atom stereocenters. The van der Waals surface area contributed by atoms with Crippen LogP contribution in [0.4, 0.5) is 5.82 Å². The van der Waals surface area contributed by atoms with Crippen LogP contribution in [0.15, 0.2) is 11.1 Å². The van der Waals surface area contributed by atoms with E-state index in [-0.39, 0.29) is 23.7 Å². The number of hydrogen-bond acceptors (Lipinski definition) is 5. The minimum atomic E-state index is -0.137. The van der Waals surface area contributed by atoms with Gasteiger partial charge in [0.1, 0.15) is 9.39 Å². The van der Waals surface area contributed by atoms with E-state index >= 15 is 0 Å². The second-order valence-electron chi connectivity index (χ2n) is 4.78. The normalized spacial score (nSPS) is 34.6. The first-order valence-electron chi connectivity index (χ1n) is 6.05. The number of halogens is 1. The number of nitrogens with two attached hydrogens (primary N) is 1. The van der Waals surface area contributed by atoms with Crippen molar-refractivity contribution in [3.8, 4) is 0 Å². The van der Waals surface area contributed by atoms with Crippen molar-refractivity contribution in [2.45, 2.75) is 31.0 Å². The summed E-state index contributed by atoms with van der Waals surface area (Å²) >= 11 is 1.98. The van der Waals surface area contributed by atoms with Crippen LogP contribution in [0.1, 0.15) is 12.8 Å². The lowest BCUT2D eigenvalue weighted by Crippen LogP contribution is -2.69. The van der Waals surface area contributed by atoms with Crippen molar-refractivity contribution in [1.29, 1.82) is 0 Å². The Bertz CT molecular complexity index is 506. The second-order valence-corrected chi connectivity index (χ2v) is 5.86. The molecule has 98 valence electrons. The maximum atomic E-state index is 11.5. The van der Waals surface area contributed by atoms with Gasteiger partial charge in [-0.05, 0) is 35.4 Å². The quantitative estimate of drug-likeness (QED) is 0.658. The van der Waals surface area contributed by atoms with Crippen molar-refractivity contribution >= 4 is 28.4 Å². The van der Waals surface area contributed by atoms with Crippen LogP contribution < -0.4 is 16.6 Å². The SMILES string of the molecule is NC1C2CCCOC2C1Nc1nc[nH]c(=O)c1I. The lowest BCUT2D eigenvalue weighted by molar-refractivity contribution is -0.104. The fourth-order valence-electron chi connectivity index (χ4n) is 2.77. The summed E-state index contributed by atoms with van der Waals surface area (Å²) in [5, 5.41) is 3.25. The van der Waals surface area contributed by atoms with Crippen LogP contribution in [-0.4, -0.2) is 34.8 Å².